The van der Waals surface area contributed by atoms with Crippen LogP contribution in [0.15, 0.2) is 12.2 Å². The first-order valence-electron chi connectivity index (χ1n) is 12.4. The molecule has 0 N–H and O–H groups in total. The van der Waals surface area contributed by atoms with E-state index in [4.69, 9.17) is 4.74 Å². The van der Waals surface area contributed by atoms with Gasteiger partial charge in [-0.15, -0.1) is 0 Å². The highest BCUT2D eigenvalue weighted by atomic mass is 32.2. The van der Waals surface area contributed by atoms with Gasteiger partial charge in [-0.25, -0.2) is 8.42 Å². The third-order valence-electron chi connectivity index (χ3n) is 5.51. The third kappa shape index (κ3) is 19.1. The number of rotatable bonds is 21. The van der Waals surface area contributed by atoms with Crippen LogP contribution in [0.4, 0.5) is 0 Å². The maximum absolute atomic E-state index is 12.0. The Hall–Kier alpha value is -0.840. The molecule has 5 heteroatoms. The van der Waals surface area contributed by atoms with Gasteiger partial charge in [0.1, 0.15) is 0 Å². The first-order chi connectivity index (χ1) is 14.4. The lowest BCUT2D eigenvalue weighted by Crippen LogP contribution is -2.17. The zero-order valence-electron chi connectivity index (χ0n) is 20.0. The number of hydrogen-bond acceptors (Lipinski definition) is 4. The molecule has 0 fully saturated rings. The van der Waals surface area contributed by atoms with Crippen LogP contribution in [0.5, 0.6) is 0 Å². The predicted molar refractivity (Wildman–Crippen MR) is 129 cm³/mol. The molecule has 0 radical (unpaired) electrons. The van der Waals surface area contributed by atoms with E-state index in [2.05, 4.69) is 19.9 Å². The maximum Gasteiger partial charge on any atom is 0.305 e. The molecule has 4 nitrogen and oxygen atoms in total. The maximum atomic E-state index is 12.0. The molecule has 0 aromatic rings. The van der Waals surface area contributed by atoms with Gasteiger partial charge in [0.05, 0.1) is 11.9 Å². The van der Waals surface area contributed by atoms with Crippen LogP contribution in [-0.2, 0) is 19.4 Å². The molecule has 1 unspecified atom stereocenters. The predicted octanol–water partition coefficient (Wildman–Crippen LogP) is 7.17. The topological polar surface area (TPSA) is 60.4 Å². The van der Waals surface area contributed by atoms with Gasteiger partial charge in [0.25, 0.3) is 0 Å². The van der Waals surface area contributed by atoms with Gasteiger partial charge in [-0.05, 0) is 32.1 Å². The molecular weight excluding hydrogens is 396 g/mol. The smallest absolute Gasteiger partial charge is 0.305 e. The van der Waals surface area contributed by atoms with Gasteiger partial charge >= 0.3 is 5.97 Å². The van der Waals surface area contributed by atoms with Crippen molar-refractivity contribution >= 4 is 15.8 Å². The van der Waals surface area contributed by atoms with Gasteiger partial charge in [0.15, 0.2) is 9.84 Å². The van der Waals surface area contributed by atoms with Crippen molar-refractivity contribution in [3.8, 4) is 0 Å². The summed E-state index contributed by atoms with van der Waals surface area (Å²) in [5.41, 5.74) is 0. The van der Waals surface area contributed by atoms with Crippen LogP contribution in [0, 0.1) is 0 Å². The minimum atomic E-state index is -3.02. The van der Waals surface area contributed by atoms with Crippen LogP contribution in [0.2, 0.25) is 0 Å². The molecule has 0 aromatic carbocycles. The van der Waals surface area contributed by atoms with E-state index >= 15 is 0 Å². The standard InChI is InChI=1S/C25H48O4S/c1-4-6-8-9-13-16-20-24(30(3,27)28)21-17-14-11-10-12-15-18-22-25(26)29-23-19-7-5-2/h17,21,24H,4-16,18-20,22-23H2,1-3H3/b21-17-. The molecule has 0 aliphatic carbocycles. The number of hydrogen-bond donors (Lipinski definition) is 0. The molecule has 0 rings (SSSR count). The summed E-state index contributed by atoms with van der Waals surface area (Å²) in [5, 5.41) is -0.327. The number of sulfone groups is 1. The molecule has 178 valence electrons. The van der Waals surface area contributed by atoms with E-state index in [-0.39, 0.29) is 11.2 Å². The van der Waals surface area contributed by atoms with Crippen molar-refractivity contribution in [1.82, 2.24) is 0 Å². The summed E-state index contributed by atoms with van der Waals surface area (Å²) in [6.45, 7) is 4.90. The lowest BCUT2D eigenvalue weighted by atomic mass is 10.1. The monoisotopic (exact) mass is 444 g/mol. The molecular formula is C25H48O4S. The summed E-state index contributed by atoms with van der Waals surface area (Å²) in [6, 6.07) is 0. The minimum absolute atomic E-state index is 0.0637. The molecule has 0 bridgehead atoms. The second-order valence-electron chi connectivity index (χ2n) is 8.59. The van der Waals surface area contributed by atoms with Crippen molar-refractivity contribution < 1.29 is 17.9 Å². The zero-order chi connectivity index (χ0) is 22.5. The number of carbonyl (C=O) groups is 1. The Kier molecular flexibility index (Phi) is 19.5. The van der Waals surface area contributed by atoms with E-state index in [9.17, 15) is 13.2 Å². The quantitative estimate of drug-likeness (QED) is 0.107. The fourth-order valence-electron chi connectivity index (χ4n) is 3.50. The second-order valence-corrected chi connectivity index (χ2v) is 10.9. The summed E-state index contributed by atoms with van der Waals surface area (Å²) >= 11 is 0. The molecule has 0 spiro atoms. The molecule has 0 saturated carbocycles. The first kappa shape index (κ1) is 29.2. The average molecular weight is 445 g/mol. The summed E-state index contributed by atoms with van der Waals surface area (Å²) in [6.07, 6.45) is 23.1. The molecule has 1 atom stereocenters. The molecule has 0 heterocycles. The Bertz CT molecular complexity index is 525. The zero-order valence-corrected chi connectivity index (χ0v) is 20.8. The Morgan fingerprint density at radius 3 is 2.03 bits per heavy atom. The van der Waals surface area contributed by atoms with Gasteiger partial charge in [0, 0.05) is 12.7 Å². The van der Waals surface area contributed by atoms with E-state index in [0.29, 0.717) is 13.0 Å². The second kappa shape index (κ2) is 20.1. The van der Waals surface area contributed by atoms with Crippen molar-refractivity contribution in [2.75, 3.05) is 12.9 Å². The summed E-state index contributed by atoms with van der Waals surface area (Å²) in [5.74, 6) is -0.0637. The van der Waals surface area contributed by atoms with Crippen molar-refractivity contribution in [3.05, 3.63) is 12.2 Å². The van der Waals surface area contributed by atoms with Crippen LogP contribution in [0.25, 0.3) is 0 Å². The molecule has 0 saturated heterocycles. The van der Waals surface area contributed by atoms with E-state index in [1.54, 1.807) is 0 Å². The van der Waals surface area contributed by atoms with Crippen LogP contribution < -0.4 is 0 Å². The lowest BCUT2D eigenvalue weighted by Gasteiger charge is -2.10. The molecule has 0 aromatic heterocycles. The van der Waals surface area contributed by atoms with E-state index in [1.807, 2.05) is 6.08 Å². The largest absolute Gasteiger partial charge is 0.466 e. The third-order valence-corrected chi connectivity index (χ3v) is 7.00. The van der Waals surface area contributed by atoms with E-state index in [1.165, 1.54) is 31.9 Å². The van der Waals surface area contributed by atoms with Crippen LogP contribution >= 0.6 is 0 Å². The van der Waals surface area contributed by atoms with Gasteiger partial charge in [-0.2, -0.15) is 0 Å². The molecule has 0 aliphatic rings. The number of carbonyl (C=O) groups excluding carboxylic acids is 1. The van der Waals surface area contributed by atoms with Gasteiger partial charge in [-0.3, -0.25) is 4.79 Å². The first-order valence-corrected chi connectivity index (χ1v) is 14.4. The Balaban J connectivity index is 3.77. The Morgan fingerprint density at radius 2 is 1.37 bits per heavy atom. The number of unbranched alkanes of at least 4 members (excludes halogenated alkanes) is 12. The minimum Gasteiger partial charge on any atom is -0.466 e. The van der Waals surface area contributed by atoms with E-state index in [0.717, 1.165) is 77.0 Å². The summed E-state index contributed by atoms with van der Waals surface area (Å²) < 4.78 is 29.2. The van der Waals surface area contributed by atoms with Gasteiger partial charge < -0.3 is 4.74 Å². The SMILES string of the molecule is CCCCCCCCC(/C=C\CCCCCCCC(=O)OCCCCC)S(C)(=O)=O. The van der Waals surface area contributed by atoms with Crippen molar-refractivity contribution in [3.63, 3.8) is 0 Å². The fourth-order valence-corrected chi connectivity index (χ4v) is 4.49. The van der Waals surface area contributed by atoms with E-state index < -0.39 is 9.84 Å². The number of allylic oxidation sites excluding steroid dienone is 1. The highest BCUT2D eigenvalue weighted by Gasteiger charge is 2.16. The number of ether oxygens (including phenoxy) is 1. The number of esters is 1. The molecule has 0 aliphatic heterocycles. The highest BCUT2D eigenvalue weighted by Crippen LogP contribution is 2.15. The van der Waals surface area contributed by atoms with Gasteiger partial charge in [-0.1, -0.05) is 96.6 Å². The molecule has 0 amide bonds. The van der Waals surface area contributed by atoms with Crippen molar-refractivity contribution in [2.45, 2.75) is 128 Å². The van der Waals surface area contributed by atoms with Crippen LogP contribution in [-0.4, -0.2) is 32.5 Å². The van der Waals surface area contributed by atoms with Crippen molar-refractivity contribution in [1.29, 1.82) is 0 Å². The molecule has 30 heavy (non-hydrogen) atoms. The fraction of sp³-hybridized carbons (Fsp3) is 0.880. The summed E-state index contributed by atoms with van der Waals surface area (Å²) in [7, 11) is -3.02. The van der Waals surface area contributed by atoms with Gasteiger partial charge in [0.2, 0.25) is 0 Å². The van der Waals surface area contributed by atoms with Crippen molar-refractivity contribution in [2.24, 2.45) is 0 Å². The van der Waals surface area contributed by atoms with Crippen LogP contribution in [0.1, 0.15) is 123 Å². The lowest BCUT2D eigenvalue weighted by molar-refractivity contribution is -0.143. The summed E-state index contributed by atoms with van der Waals surface area (Å²) in [4.78, 5) is 11.6. The Morgan fingerprint density at radius 1 is 0.800 bits per heavy atom. The normalized spacial score (nSPS) is 13.0. The average Bonchev–Trinajstić information content (AvgIpc) is 2.70. The van der Waals surface area contributed by atoms with Crippen LogP contribution in [0.3, 0.4) is 0 Å². The Labute approximate surface area is 187 Å². The highest BCUT2D eigenvalue weighted by molar-refractivity contribution is 7.91.